The Labute approximate surface area is 176 Å². The van der Waals surface area contributed by atoms with Crippen molar-refractivity contribution < 1.29 is 29.3 Å². The monoisotopic (exact) mass is 426 g/mol. The Morgan fingerprint density at radius 1 is 1.13 bits per heavy atom. The number of thioether (sulfide) groups is 1. The molecule has 2 aromatic carbocycles. The molecule has 1 unspecified atom stereocenters. The molecule has 0 bridgehead atoms. The minimum atomic E-state index is -1.02. The maximum atomic E-state index is 12.2. The second kappa shape index (κ2) is 9.27. The van der Waals surface area contributed by atoms with Crippen molar-refractivity contribution in [2.45, 2.75) is 19.4 Å². The number of carboxylic acids is 2. The van der Waals surface area contributed by atoms with Crippen molar-refractivity contribution in [3.05, 3.63) is 64.6 Å². The van der Waals surface area contributed by atoms with E-state index in [0.29, 0.717) is 27.9 Å². The van der Waals surface area contributed by atoms with E-state index in [4.69, 9.17) is 14.9 Å². The summed E-state index contributed by atoms with van der Waals surface area (Å²) in [5.74, 6) is -1.90. The van der Waals surface area contributed by atoms with Crippen LogP contribution < -0.4 is 10.1 Å². The fraction of sp³-hybridized carbons (Fsp3) is 0.143. The topological polar surface area (TPSA) is 125 Å². The van der Waals surface area contributed by atoms with Crippen molar-refractivity contribution in [3.8, 4) is 5.75 Å². The lowest BCUT2D eigenvalue weighted by Crippen LogP contribution is -2.25. The molecule has 1 aliphatic rings. The molecule has 3 N–H and O–H groups in total. The summed E-state index contributed by atoms with van der Waals surface area (Å²) in [5, 5.41) is 21.0. The molecule has 1 heterocycles. The zero-order chi connectivity index (χ0) is 21.7. The number of rotatable bonds is 7. The molecule has 1 aliphatic heterocycles. The summed E-state index contributed by atoms with van der Waals surface area (Å²) in [4.78, 5) is 38.9. The molecule has 2 aromatic rings. The lowest BCUT2D eigenvalue weighted by molar-refractivity contribution is -0.145. The van der Waals surface area contributed by atoms with Crippen molar-refractivity contribution in [1.82, 2.24) is 5.32 Å². The summed E-state index contributed by atoms with van der Waals surface area (Å²) >= 11 is 1.17. The number of hydrogen-bond acceptors (Lipinski definition) is 6. The molecular weight excluding hydrogens is 408 g/mol. The Morgan fingerprint density at radius 3 is 2.37 bits per heavy atom. The highest BCUT2D eigenvalue weighted by Gasteiger charge is 2.24. The number of amidine groups is 1. The average Bonchev–Trinajstić information content (AvgIpc) is 3.06. The fourth-order valence-corrected chi connectivity index (χ4v) is 3.38. The van der Waals surface area contributed by atoms with Crippen molar-refractivity contribution >= 4 is 46.5 Å². The van der Waals surface area contributed by atoms with Crippen molar-refractivity contribution in [2.24, 2.45) is 4.99 Å². The first-order valence-electron chi connectivity index (χ1n) is 8.98. The third kappa shape index (κ3) is 5.26. The summed E-state index contributed by atoms with van der Waals surface area (Å²) in [6.45, 7) is 1.73. The minimum Gasteiger partial charge on any atom is -0.479 e. The molecule has 9 heteroatoms. The van der Waals surface area contributed by atoms with Crippen molar-refractivity contribution in [3.63, 3.8) is 0 Å². The van der Waals surface area contributed by atoms with E-state index in [1.807, 2.05) is 0 Å². The Bertz CT molecular complexity index is 1030. The van der Waals surface area contributed by atoms with Gasteiger partial charge in [-0.15, -0.1) is 0 Å². The first-order chi connectivity index (χ1) is 14.4. The van der Waals surface area contributed by atoms with Gasteiger partial charge >= 0.3 is 11.9 Å². The van der Waals surface area contributed by atoms with Gasteiger partial charge in [-0.25, -0.2) is 14.6 Å². The molecule has 1 amide bonds. The van der Waals surface area contributed by atoms with Crippen LogP contribution in [0.15, 0.2) is 58.4 Å². The molecular formula is C21H18N2O6S. The number of aliphatic imine (C=N–C) groups is 1. The van der Waals surface area contributed by atoms with Gasteiger partial charge in [0.2, 0.25) is 0 Å². The van der Waals surface area contributed by atoms with Gasteiger partial charge in [-0.2, -0.15) is 0 Å². The maximum absolute atomic E-state index is 12.2. The van der Waals surface area contributed by atoms with Crippen LogP contribution in [0.1, 0.15) is 29.3 Å². The molecule has 0 saturated carbocycles. The van der Waals surface area contributed by atoms with E-state index in [1.54, 1.807) is 49.4 Å². The molecule has 0 spiro atoms. The summed E-state index contributed by atoms with van der Waals surface area (Å²) in [7, 11) is 0. The number of carbonyl (C=O) groups is 3. The van der Waals surface area contributed by atoms with Crippen molar-refractivity contribution in [2.75, 3.05) is 0 Å². The normalized spacial score (nSPS) is 17.0. The van der Waals surface area contributed by atoms with Crippen LogP contribution in [0.2, 0.25) is 0 Å². The molecule has 8 nitrogen and oxygen atoms in total. The summed E-state index contributed by atoms with van der Waals surface area (Å²) in [5.41, 5.74) is 1.42. The van der Waals surface area contributed by atoms with Gasteiger partial charge in [0.25, 0.3) is 5.91 Å². The first-order valence-corrected chi connectivity index (χ1v) is 9.80. The Hall–Kier alpha value is -3.59. The molecule has 3 rings (SSSR count). The lowest BCUT2D eigenvalue weighted by Gasteiger charge is -2.13. The number of amides is 1. The molecule has 154 valence electrons. The predicted octanol–water partition coefficient (Wildman–Crippen LogP) is 3.52. The number of ether oxygens (including phenoxy) is 1. The molecule has 0 aromatic heterocycles. The van der Waals surface area contributed by atoms with E-state index in [0.717, 1.165) is 5.56 Å². The number of carbonyl (C=O) groups excluding carboxylic acids is 1. The van der Waals surface area contributed by atoms with Crippen LogP contribution in [0.3, 0.4) is 0 Å². The average molecular weight is 426 g/mol. The van der Waals surface area contributed by atoms with Crippen molar-refractivity contribution in [1.29, 1.82) is 0 Å². The Kier molecular flexibility index (Phi) is 6.53. The number of carboxylic acid groups (broad SMARTS) is 2. The standard InChI is InChI=1S/C21H18N2O6S/c1-2-16(20(27)28)29-15-9-3-12(4-10-15)11-17-18(24)23-21(30-17)22-14-7-5-13(6-8-14)19(25)26/h3-11,16H,2H2,1H3,(H,25,26)(H,27,28)(H,22,23,24)/b17-11-. The highest BCUT2D eigenvalue weighted by Crippen LogP contribution is 2.28. The molecule has 0 aliphatic carbocycles. The highest BCUT2D eigenvalue weighted by molar-refractivity contribution is 8.18. The SMILES string of the molecule is CCC(Oc1ccc(/C=C2\SC(=Nc3ccc(C(=O)O)cc3)NC2=O)cc1)C(=O)O. The Morgan fingerprint density at radius 2 is 1.80 bits per heavy atom. The van der Waals surface area contributed by atoms with Crippen LogP contribution in [0, 0.1) is 0 Å². The van der Waals surface area contributed by atoms with Crippen LogP contribution in [0.5, 0.6) is 5.75 Å². The fourth-order valence-electron chi connectivity index (χ4n) is 2.54. The third-order valence-electron chi connectivity index (χ3n) is 4.10. The van der Waals surface area contributed by atoms with Gasteiger partial charge in [-0.3, -0.25) is 4.79 Å². The predicted molar refractivity (Wildman–Crippen MR) is 113 cm³/mol. The van der Waals surface area contributed by atoms with E-state index in [1.165, 1.54) is 23.9 Å². The van der Waals surface area contributed by atoms with Gasteiger partial charge < -0.3 is 20.3 Å². The summed E-state index contributed by atoms with van der Waals surface area (Å²) in [6.07, 6.45) is 1.13. The zero-order valence-corrected chi connectivity index (χ0v) is 16.7. The number of nitrogens with zero attached hydrogens (tertiary/aromatic N) is 1. The van der Waals surface area contributed by atoms with E-state index < -0.39 is 18.0 Å². The van der Waals surface area contributed by atoms with Gasteiger partial charge in [0.15, 0.2) is 11.3 Å². The molecule has 1 fully saturated rings. The van der Waals surface area contributed by atoms with E-state index >= 15 is 0 Å². The third-order valence-corrected chi connectivity index (χ3v) is 5.01. The van der Waals surface area contributed by atoms with Crippen LogP contribution >= 0.6 is 11.8 Å². The first kappa shape index (κ1) is 21.1. The van der Waals surface area contributed by atoms with Gasteiger partial charge in [0.1, 0.15) is 5.75 Å². The summed E-state index contributed by atoms with van der Waals surface area (Å²) < 4.78 is 5.42. The maximum Gasteiger partial charge on any atom is 0.344 e. The van der Waals surface area contributed by atoms with E-state index in [2.05, 4.69) is 10.3 Å². The van der Waals surface area contributed by atoms with Gasteiger partial charge in [0.05, 0.1) is 16.2 Å². The van der Waals surface area contributed by atoms with E-state index in [9.17, 15) is 14.4 Å². The molecule has 1 atom stereocenters. The zero-order valence-electron chi connectivity index (χ0n) is 15.9. The quantitative estimate of drug-likeness (QED) is 0.579. The highest BCUT2D eigenvalue weighted by atomic mass is 32.2. The lowest BCUT2D eigenvalue weighted by atomic mass is 10.2. The number of nitrogens with one attached hydrogen (secondary N) is 1. The van der Waals surface area contributed by atoms with E-state index in [-0.39, 0.29) is 11.5 Å². The number of aliphatic carboxylic acids is 1. The smallest absolute Gasteiger partial charge is 0.344 e. The molecule has 1 saturated heterocycles. The van der Waals surface area contributed by atoms with Gasteiger partial charge in [0, 0.05) is 0 Å². The van der Waals surface area contributed by atoms with Gasteiger partial charge in [-0.1, -0.05) is 19.1 Å². The van der Waals surface area contributed by atoms with Crippen LogP contribution in [-0.2, 0) is 9.59 Å². The molecule has 0 radical (unpaired) electrons. The number of aromatic carboxylic acids is 1. The number of hydrogen-bond donors (Lipinski definition) is 3. The second-order valence-electron chi connectivity index (χ2n) is 6.26. The van der Waals surface area contributed by atoms with Crippen LogP contribution in [0.4, 0.5) is 5.69 Å². The largest absolute Gasteiger partial charge is 0.479 e. The van der Waals surface area contributed by atoms with Crippen LogP contribution in [-0.4, -0.2) is 39.3 Å². The van der Waals surface area contributed by atoms with Gasteiger partial charge in [-0.05, 0) is 66.2 Å². The number of benzene rings is 2. The minimum absolute atomic E-state index is 0.156. The summed E-state index contributed by atoms with van der Waals surface area (Å²) in [6, 6.07) is 12.8. The molecule has 30 heavy (non-hydrogen) atoms. The Balaban J connectivity index is 1.69. The van der Waals surface area contributed by atoms with Crippen LogP contribution in [0.25, 0.3) is 6.08 Å². The second-order valence-corrected chi connectivity index (χ2v) is 7.29.